The number of carbonyl (C=O) groups is 1. The molecule has 6 nitrogen and oxygen atoms in total. The highest BCUT2D eigenvalue weighted by molar-refractivity contribution is 6.31. The maximum Gasteiger partial charge on any atom is 0.269 e. The maximum atomic E-state index is 13.4. The number of hydrogen-bond donors (Lipinski definition) is 0. The Balaban J connectivity index is 1.69. The van der Waals surface area contributed by atoms with E-state index < -0.39 is 0 Å². The molecule has 3 heterocycles. The molecule has 4 rings (SSSR count). The van der Waals surface area contributed by atoms with Crippen LogP contribution in [0, 0.1) is 20.8 Å². The Kier molecular flexibility index (Phi) is 5.74. The third-order valence-electron chi connectivity index (χ3n) is 5.78. The molecule has 1 atom stereocenters. The van der Waals surface area contributed by atoms with Gasteiger partial charge in [0.25, 0.3) is 5.91 Å². The van der Waals surface area contributed by atoms with Crippen molar-refractivity contribution in [3.63, 3.8) is 0 Å². The van der Waals surface area contributed by atoms with Gasteiger partial charge < -0.3 is 0 Å². The van der Waals surface area contributed by atoms with Gasteiger partial charge >= 0.3 is 0 Å². The number of aryl methyl sites for hydroxylation is 3. The maximum absolute atomic E-state index is 13.4. The van der Waals surface area contributed by atoms with E-state index in [1.54, 1.807) is 5.01 Å². The second-order valence-corrected chi connectivity index (χ2v) is 8.57. The van der Waals surface area contributed by atoms with Gasteiger partial charge in [0.2, 0.25) is 0 Å². The van der Waals surface area contributed by atoms with Gasteiger partial charge in [0.05, 0.1) is 18.1 Å². The molecule has 2 aliphatic rings. The van der Waals surface area contributed by atoms with Crippen molar-refractivity contribution in [1.29, 1.82) is 0 Å². The summed E-state index contributed by atoms with van der Waals surface area (Å²) in [6.07, 6.45) is 4.14. The van der Waals surface area contributed by atoms with Crippen molar-refractivity contribution < 1.29 is 4.79 Å². The van der Waals surface area contributed by atoms with Crippen LogP contribution < -0.4 is 0 Å². The zero-order valence-electron chi connectivity index (χ0n) is 17.4. The number of hydrogen-bond acceptors (Lipinski definition) is 4. The van der Waals surface area contributed by atoms with Gasteiger partial charge in [0, 0.05) is 17.1 Å². The lowest BCUT2D eigenvalue weighted by Gasteiger charge is -2.35. The first-order valence-corrected chi connectivity index (χ1v) is 10.7. The fourth-order valence-electron chi connectivity index (χ4n) is 4.22. The van der Waals surface area contributed by atoms with Crippen LogP contribution in [-0.2, 0) is 4.79 Å². The van der Waals surface area contributed by atoms with Gasteiger partial charge in [-0.1, -0.05) is 24.1 Å². The van der Waals surface area contributed by atoms with E-state index in [0.717, 1.165) is 46.3 Å². The lowest BCUT2D eigenvalue weighted by molar-refractivity contribution is -0.138. The van der Waals surface area contributed by atoms with Crippen LogP contribution in [0.25, 0.3) is 0 Å². The second kappa shape index (κ2) is 8.28. The van der Waals surface area contributed by atoms with Crippen LogP contribution in [-0.4, -0.2) is 51.1 Å². The standard InChI is InChI=1S/C22H28ClN5O/c1-15-11-18(7-8-19(15)23)20-13-21(28-17(3)12-16(2)24-28)22(29)27(25-20)14-26-9-5-4-6-10-26/h7-8,11-12,21H,4-6,9-10,13-14H2,1-3H3. The summed E-state index contributed by atoms with van der Waals surface area (Å²) in [6, 6.07) is 7.57. The van der Waals surface area contributed by atoms with Crippen molar-refractivity contribution >= 4 is 23.2 Å². The van der Waals surface area contributed by atoms with Crippen LogP contribution in [0.2, 0.25) is 5.02 Å². The smallest absolute Gasteiger partial charge is 0.269 e. The minimum atomic E-state index is -0.378. The molecule has 2 aliphatic heterocycles. The van der Waals surface area contributed by atoms with E-state index in [9.17, 15) is 4.79 Å². The van der Waals surface area contributed by atoms with Crippen LogP contribution in [0.1, 0.15) is 54.2 Å². The highest BCUT2D eigenvalue weighted by atomic mass is 35.5. The third-order valence-corrected chi connectivity index (χ3v) is 6.21. The summed E-state index contributed by atoms with van der Waals surface area (Å²) < 4.78 is 1.86. The molecule has 0 bridgehead atoms. The summed E-state index contributed by atoms with van der Waals surface area (Å²) in [7, 11) is 0. The SMILES string of the molecule is Cc1cc(C)n(C2CC(c3ccc(Cl)c(C)c3)=NN(CN3CCCCC3)C2=O)n1. The molecular formula is C22H28ClN5O. The van der Waals surface area contributed by atoms with Crippen molar-refractivity contribution in [1.82, 2.24) is 19.7 Å². The van der Waals surface area contributed by atoms with E-state index in [2.05, 4.69) is 10.00 Å². The molecule has 0 N–H and O–H groups in total. The van der Waals surface area contributed by atoms with Crippen molar-refractivity contribution in [2.75, 3.05) is 19.8 Å². The zero-order chi connectivity index (χ0) is 20.5. The summed E-state index contributed by atoms with van der Waals surface area (Å²) in [6.45, 7) is 8.51. The Bertz CT molecular complexity index is 945. The number of rotatable bonds is 4. The third kappa shape index (κ3) is 4.23. The zero-order valence-corrected chi connectivity index (χ0v) is 18.1. The number of halogens is 1. The minimum Gasteiger partial charge on any atom is -0.284 e. The fraction of sp³-hybridized carbons (Fsp3) is 0.500. The number of aromatic nitrogens is 2. The number of likely N-dealkylation sites (tertiary alicyclic amines) is 1. The highest BCUT2D eigenvalue weighted by Gasteiger charge is 2.35. The first kappa shape index (κ1) is 20.1. The van der Waals surface area contributed by atoms with Gasteiger partial charge in [-0.15, -0.1) is 0 Å². The quantitative estimate of drug-likeness (QED) is 0.758. The summed E-state index contributed by atoms with van der Waals surface area (Å²) in [5.41, 5.74) is 4.83. The first-order valence-electron chi connectivity index (χ1n) is 10.3. The van der Waals surface area contributed by atoms with Gasteiger partial charge in [-0.3, -0.25) is 14.4 Å². The van der Waals surface area contributed by atoms with E-state index in [1.807, 2.05) is 49.7 Å². The molecule has 2 aromatic rings. The fourth-order valence-corrected chi connectivity index (χ4v) is 4.34. The van der Waals surface area contributed by atoms with Crippen molar-refractivity contribution in [3.05, 3.63) is 51.8 Å². The normalized spacial score (nSPS) is 20.8. The summed E-state index contributed by atoms with van der Waals surface area (Å²) in [5.74, 6) is 0.0104. The average molecular weight is 414 g/mol. The predicted octanol–water partition coefficient (Wildman–Crippen LogP) is 4.08. The van der Waals surface area contributed by atoms with Gasteiger partial charge in [-0.05, 0) is 76.0 Å². The largest absolute Gasteiger partial charge is 0.284 e. The van der Waals surface area contributed by atoms with Gasteiger partial charge in [-0.2, -0.15) is 10.2 Å². The molecule has 0 spiro atoms. The topological polar surface area (TPSA) is 53.7 Å². The monoisotopic (exact) mass is 413 g/mol. The van der Waals surface area contributed by atoms with Crippen LogP contribution in [0.3, 0.4) is 0 Å². The lowest BCUT2D eigenvalue weighted by Crippen LogP contribution is -2.47. The van der Waals surface area contributed by atoms with E-state index in [1.165, 1.54) is 19.3 Å². The minimum absolute atomic E-state index is 0.0104. The number of benzene rings is 1. The molecule has 1 amide bonds. The van der Waals surface area contributed by atoms with Crippen molar-refractivity contribution in [2.24, 2.45) is 5.10 Å². The van der Waals surface area contributed by atoms with Crippen LogP contribution in [0.4, 0.5) is 0 Å². The van der Waals surface area contributed by atoms with Crippen LogP contribution >= 0.6 is 11.6 Å². The molecule has 0 saturated carbocycles. The molecule has 1 aromatic heterocycles. The average Bonchev–Trinajstić information content (AvgIpc) is 3.04. The molecule has 7 heteroatoms. The molecule has 1 unspecified atom stereocenters. The van der Waals surface area contributed by atoms with Gasteiger partial charge in [-0.25, -0.2) is 5.01 Å². The molecule has 1 fully saturated rings. The Labute approximate surface area is 177 Å². The number of carbonyl (C=O) groups excluding carboxylic acids is 1. The Hall–Kier alpha value is -2.18. The van der Waals surface area contributed by atoms with E-state index >= 15 is 0 Å². The number of nitrogens with zero attached hydrogens (tertiary/aromatic N) is 5. The molecule has 1 saturated heterocycles. The number of piperidine rings is 1. The van der Waals surface area contributed by atoms with Crippen molar-refractivity contribution in [2.45, 2.75) is 52.5 Å². The Morgan fingerprint density at radius 1 is 1.10 bits per heavy atom. The summed E-state index contributed by atoms with van der Waals surface area (Å²) in [5, 5.41) is 11.8. The lowest BCUT2D eigenvalue weighted by atomic mass is 9.99. The number of amides is 1. The van der Waals surface area contributed by atoms with E-state index in [4.69, 9.17) is 16.7 Å². The number of hydrazone groups is 1. The molecule has 1 aromatic carbocycles. The van der Waals surface area contributed by atoms with Crippen LogP contribution in [0.15, 0.2) is 29.4 Å². The van der Waals surface area contributed by atoms with Gasteiger partial charge in [0.1, 0.15) is 6.04 Å². The summed E-state index contributed by atoms with van der Waals surface area (Å²) >= 11 is 6.22. The van der Waals surface area contributed by atoms with Crippen molar-refractivity contribution in [3.8, 4) is 0 Å². The van der Waals surface area contributed by atoms with Crippen LogP contribution in [0.5, 0.6) is 0 Å². The molecule has 0 aliphatic carbocycles. The van der Waals surface area contributed by atoms with E-state index in [-0.39, 0.29) is 11.9 Å². The molecule has 0 radical (unpaired) electrons. The molecule has 29 heavy (non-hydrogen) atoms. The predicted molar refractivity (Wildman–Crippen MR) is 115 cm³/mol. The molecular weight excluding hydrogens is 386 g/mol. The summed E-state index contributed by atoms with van der Waals surface area (Å²) in [4.78, 5) is 15.7. The van der Waals surface area contributed by atoms with Gasteiger partial charge in [0.15, 0.2) is 0 Å². The highest BCUT2D eigenvalue weighted by Crippen LogP contribution is 2.28. The Morgan fingerprint density at radius 3 is 2.52 bits per heavy atom. The second-order valence-electron chi connectivity index (χ2n) is 8.16. The Morgan fingerprint density at radius 2 is 1.86 bits per heavy atom. The van der Waals surface area contributed by atoms with E-state index in [0.29, 0.717) is 13.1 Å². The first-order chi connectivity index (χ1) is 13.9. The molecule has 154 valence electrons.